The summed E-state index contributed by atoms with van der Waals surface area (Å²) in [5.74, 6) is -0.146. The molecule has 1 fully saturated rings. The number of aryl methyl sites for hydroxylation is 3. The number of nitrogens with zero attached hydrogens (tertiary/aromatic N) is 2. The Hall–Kier alpha value is -3.22. The third kappa shape index (κ3) is 3.67. The molecule has 1 aliphatic rings. The van der Waals surface area contributed by atoms with Crippen LogP contribution < -0.4 is 10.2 Å². The summed E-state index contributed by atoms with van der Waals surface area (Å²) in [4.78, 5) is 14.9. The van der Waals surface area contributed by atoms with Crippen LogP contribution in [0.1, 0.15) is 28.1 Å². The van der Waals surface area contributed by atoms with E-state index in [9.17, 15) is 4.79 Å². The molecule has 0 saturated carbocycles. The number of thiocarbonyl (C=S) groups is 1. The van der Waals surface area contributed by atoms with Crippen molar-refractivity contribution in [2.45, 2.75) is 27.7 Å². The molecule has 1 saturated heterocycles. The van der Waals surface area contributed by atoms with E-state index in [0.29, 0.717) is 10.8 Å². The van der Waals surface area contributed by atoms with Gasteiger partial charge < -0.3 is 9.88 Å². The van der Waals surface area contributed by atoms with Gasteiger partial charge in [0.1, 0.15) is 5.70 Å². The Balaban J connectivity index is 1.56. The molecule has 0 bridgehead atoms. The predicted octanol–water partition coefficient (Wildman–Crippen LogP) is 6.89. The zero-order valence-corrected chi connectivity index (χ0v) is 21.8. The average Bonchev–Trinajstić information content (AvgIpc) is 3.25. The van der Waals surface area contributed by atoms with Gasteiger partial charge in [-0.05, 0) is 98.4 Å². The SMILES string of the molecule is Cc1ccc(N2C(=O)/C(=C/c3cc(C)n(-c4ccc(Br)c5ccccc45)c3C)NC2=S)cc1C. The third-order valence-corrected chi connectivity index (χ3v) is 7.46. The summed E-state index contributed by atoms with van der Waals surface area (Å²) in [5.41, 5.74) is 7.79. The largest absolute Gasteiger partial charge is 0.327 e. The normalized spacial score (nSPS) is 15.0. The lowest BCUT2D eigenvalue weighted by atomic mass is 10.1. The molecule has 2 heterocycles. The Morgan fingerprint density at radius 1 is 0.912 bits per heavy atom. The third-order valence-electron chi connectivity index (χ3n) is 6.49. The Kier molecular flexibility index (Phi) is 5.66. The quantitative estimate of drug-likeness (QED) is 0.232. The van der Waals surface area contributed by atoms with Gasteiger partial charge in [0, 0.05) is 21.2 Å². The smallest absolute Gasteiger partial charge is 0.281 e. The van der Waals surface area contributed by atoms with Gasteiger partial charge in [0.05, 0.1) is 11.4 Å². The first kappa shape index (κ1) is 22.6. The highest BCUT2D eigenvalue weighted by Crippen LogP contribution is 2.33. The van der Waals surface area contributed by atoms with E-state index < -0.39 is 0 Å². The molecule has 5 rings (SSSR count). The van der Waals surface area contributed by atoms with Crippen LogP contribution in [0.3, 0.4) is 0 Å². The van der Waals surface area contributed by atoms with Crippen molar-refractivity contribution in [2.24, 2.45) is 0 Å². The molecular weight excluding hydrogens is 506 g/mol. The lowest BCUT2D eigenvalue weighted by molar-refractivity contribution is -0.113. The van der Waals surface area contributed by atoms with Crippen molar-refractivity contribution >= 4 is 61.7 Å². The number of hydrogen-bond donors (Lipinski definition) is 1. The van der Waals surface area contributed by atoms with E-state index >= 15 is 0 Å². The number of amides is 1. The van der Waals surface area contributed by atoms with Crippen molar-refractivity contribution in [3.05, 3.63) is 98.9 Å². The molecule has 1 N–H and O–H groups in total. The molecule has 6 heteroatoms. The second-order valence-corrected chi connectivity index (χ2v) is 9.91. The molecule has 0 spiro atoms. The highest BCUT2D eigenvalue weighted by atomic mass is 79.9. The zero-order chi connectivity index (χ0) is 24.1. The number of fused-ring (bicyclic) bond motifs is 1. The topological polar surface area (TPSA) is 37.3 Å². The standard InChI is InChI=1S/C28H24BrN3OS/c1-16-9-10-21(13-17(16)2)32-27(33)25(30-28(32)34)15-20-14-18(3)31(19(20)4)26-12-11-24(29)22-7-5-6-8-23(22)26/h5-15H,1-4H3,(H,30,34)/b25-15-. The lowest BCUT2D eigenvalue weighted by Gasteiger charge is -2.15. The van der Waals surface area contributed by atoms with Crippen LogP contribution in [0.2, 0.25) is 0 Å². The predicted molar refractivity (Wildman–Crippen MR) is 148 cm³/mol. The van der Waals surface area contributed by atoms with Crippen molar-refractivity contribution in [2.75, 3.05) is 4.90 Å². The minimum absolute atomic E-state index is 0.146. The number of halogens is 1. The molecule has 1 amide bonds. The van der Waals surface area contributed by atoms with Crippen LogP contribution in [0.5, 0.6) is 0 Å². The van der Waals surface area contributed by atoms with Crippen LogP contribution in [0.25, 0.3) is 22.5 Å². The lowest BCUT2D eigenvalue weighted by Crippen LogP contribution is -2.30. The van der Waals surface area contributed by atoms with E-state index in [1.165, 1.54) is 5.56 Å². The summed E-state index contributed by atoms with van der Waals surface area (Å²) in [6.45, 7) is 8.25. The maximum absolute atomic E-state index is 13.3. The summed E-state index contributed by atoms with van der Waals surface area (Å²) in [6, 6.07) is 20.6. The van der Waals surface area contributed by atoms with E-state index in [4.69, 9.17) is 12.2 Å². The number of benzene rings is 3. The number of rotatable bonds is 3. The van der Waals surface area contributed by atoms with Gasteiger partial charge in [-0.25, -0.2) is 0 Å². The number of hydrogen-bond acceptors (Lipinski definition) is 2. The molecule has 0 unspecified atom stereocenters. The molecule has 0 atom stereocenters. The van der Waals surface area contributed by atoms with Crippen LogP contribution >= 0.6 is 28.1 Å². The second kappa shape index (κ2) is 8.53. The first-order chi connectivity index (χ1) is 16.3. The van der Waals surface area contributed by atoms with E-state index in [0.717, 1.165) is 49.1 Å². The van der Waals surface area contributed by atoms with Crippen molar-refractivity contribution in [1.82, 2.24) is 9.88 Å². The van der Waals surface area contributed by atoms with Crippen molar-refractivity contribution in [3.63, 3.8) is 0 Å². The average molecular weight is 530 g/mol. The molecule has 0 aliphatic carbocycles. The molecule has 1 aromatic heterocycles. The number of carbonyl (C=O) groups excluding carboxylic acids is 1. The zero-order valence-electron chi connectivity index (χ0n) is 19.4. The summed E-state index contributed by atoms with van der Waals surface area (Å²) in [5, 5.41) is 5.84. The van der Waals surface area contributed by atoms with Crippen LogP contribution in [-0.4, -0.2) is 15.6 Å². The van der Waals surface area contributed by atoms with Crippen LogP contribution in [0.15, 0.2) is 70.8 Å². The van der Waals surface area contributed by atoms with Gasteiger partial charge in [-0.2, -0.15) is 0 Å². The number of nitrogens with one attached hydrogen (secondary N) is 1. The van der Waals surface area contributed by atoms with Gasteiger partial charge >= 0.3 is 0 Å². The van der Waals surface area contributed by atoms with Crippen LogP contribution in [-0.2, 0) is 4.79 Å². The fraction of sp³-hybridized carbons (Fsp3) is 0.143. The molecule has 3 aromatic carbocycles. The summed E-state index contributed by atoms with van der Waals surface area (Å²) in [6.07, 6.45) is 1.90. The second-order valence-electron chi connectivity index (χ2n) is 8.67. The summed E-state index contributed by atoms with van der Waals surface area (Å²) in [7, 11) is 0. The maximum Gasteiger partial charge on any atom is 0.281 e. The van der Waals surface area contributed by atoms with Crippen molar-refractivity contribution < 1.29 is 4.79 Å². The number of carbonyl (C=O) groups is 1. The van der Waals surface area contributed by atoms with Gasteiger partial charge in [-0.15, -0.1) is 0 Å². The van der Waals surface area contributed by atoms with E-state index in [1.54, 1.807) is 4.90 Å². The highest BCUT2D eigenvalue weighted by Gasteiger charge is 2.32. The minimum atomic E-state index is -0.146. The molecule has 170 valence electrons. The minimum Gasteiger partial charge on any atom is -0.327 e. The fourth-order valence-electron chi connectivity index (χ4n) is 4.54. The van der Waals surface area contributed by atoms with Crippen molar-refractivity contribution in [1.29, 1.82) is 0 Å². The van der Waals surface area contributed by atoms with Gasteiger partial charge in [-0.3, -0.25) is 9.69 Å². The highest BCUT2D eigenvalue weighted by molar-refractivity contribution is 9.10. The number of aromatic nitrogens is 1. The summed E-state index contributed by atoms with van der Waals surface area (Å²) < 4.78 is 3.30. The Morgan fingerprint density at radius 3 is 2.38 bits per heavy atom. The van der Waals surface area contributed by atoms with Crippen LogP contribution in [0.4, 0.5) is 5.69 Å². The fourth-order valence-corrected chi connectivity index (χ4v) is 5.31. The Bertz CT molecular complexity index is 1530. The molecular formula is C28H24BrN3OS. The number of anilines is 1. The first-order valence-corrected chi connectivity index (χ1v) is 12.3. The Morgan fingerprint density at radius 2 is 1.65 bits per heavy atom. The molecule has 4 aromatic rings. The molecule has 34 heavy (non-hydrogen) atoms. The first-order valence-electron chi connectivity index (χ1n) is 11.1. The van der Waals surface area contributed by atoms with E-state index in [-0.39, 0.29) is 5.91 Å². The van der Waals surface area contributed by atoms with E-state index in [2.05, 4.69) is 83.0 Å². The van der Waals surface area contributed by atoms with Gasteiger partial charge in [0.25, 0.3) is 5.91 Å². The van der Waals surface area contributed by atoms with E-state index in [1.807, 2.05) is 37.3 Å². The monoisotopic (exact) mass is 529 g/mol. The maximum atomic E-state index is 13.3. The van der Waals surface area contributed by atoms with Crippen molar-refractivity contribution in [3.8, 4) is 5.69 Å². The molecule has 1 aliphatic heterocycles. The Labute approximate surface area is 213 Å². The summed E-state index contributed by atoms with van der Waals surface area (Å²) >= 11 is 9.19. The van der Waals surface area contributed by atoms with Gasteiger partial charge in [-0.1, -0.05) is 46.3 Å². The van der Waals surface area contributed by atoms with Crippen LogP contribution in [0, 0.1) is 27.7 Å². The van der Waals surface area contributed by atoms with Gasteiger partial charge in [0.15, 0.2) is 5.11 Å². The molecule has 0 radical (unpaired) electrons. The van der Waals surface area contributed by atoms with Gasteiger partial charge in [0.2, 0.25) is 0 Å². The molecule has 4 nitrogen and oxygen atoms in total.